The second-order valence-electron chi connectivity index (χ2n) is 5.17. The van der Waals surface area contributed by atoms with Crippen LogP contribution in [0.4, 0.5) is 0 Å². The standard InChI is InChI=1S/C12H25N/c1-5-13-12(4)8-6-11(7-9-12)10(2)3/h10-11,13H,5-9H2,1-4H3. The van der Waals surface area contributed by atoms with E-state index in [1.165, 1.54) is 25.7 Å². The van der Waals surface area contributed by atoms with Gasteiger partial charge in [-0.2, -0.15) is 0 Å². The molecule has 1 heteroatoms. The van der Waals surface area contributed by atoms with E-state index in [1.54, 1.807) is 0 Å². The normalized spacial score (nSPS) is 35.3. The van der Waals surface area contributed by atoms with Gasteiger partial charge in [-0.15, -0.1) is 0 Å². The third-order valence-corrected chi connectivity index (χ3v) is 3.68. The predicted octanol–water partition coefficient (Wildman–Crippen LogP) is 3.20. The molecule has 0 bridgehead atoms. The van der Waals surface area contributed by atoms with Crippen LogP contribution >= 0.6 is 0 Å². The summed E-state index contributed by atoms with van der Waals surface area (Å²) in [5.74, 6) is 1.86. The Morgan fingerprint density at radius 2 is 1.85 bits per heavy atom. The maximum atomic E-state index is 3.62. The van der Waals surface area contributed by atoms with Crippen LogP contribution in [0.2, 0.25) is 0 Å². The fraction of sp³-hybridized carbons (Fsp3) is 1.00. The van der Waals surface area contributed by atoms with Crippen molar-refractivity contribution in [3.63, 3.8) is 0 Å². The summed E-state index contributed by atoms with van der Waals surface area (Å²) in [7, 11) is 0. The molecule has 0 aromatic carbocycles. The van der Waals surface area contributed by atoms with Gasteiger partial charge in [-0.3, -0.25) is 0 Å². The van der Waals surface area contributed by atoms with Crippen molar-refractivity contribution in [2.45, 2.75) is 58.9 Å². The average Bonchev–Trinajstić information content (AvgIpc) is 2.05. The molecular weight excluding hydrogens is 158 g/mol. The Kier molecular flexibility index (Phi) is 3.78. The Morgan fingerprint density at radius 1 is 1.31 bits per heavy atom. The Labute approximate surface area is 83.3 Å². The van der Waals surface area contributed by atoms with Crippen LogP contribution in [0.25, 0.3) is 0 Å². The first-order valence-electron chi connectivity index (χ1n) is 5.82. The van der Waals surface area contributed by atoms with Crippen LogP contribution < -0.4 is 5.32 Å². The zero-order valence-corrected chi connectivity index (χ0v) is 9.69. The molecule has 1 rings (SSSR count). The van der Waals surface area contributed by atoms with Crippen LogP contribution in [0, 0.1) is 11.8 Å². The number of hydrogen-bond acceptors (Lipinski definition) is 1. The quantitative estimate of drug-likeness (QED) is 0.708. The lowest BCUT2D eigenvalue weighted by Gasteiger charge is -2.39. The van der Waals surface area contributed by atoms with Crippen molar-refractivity contribution in [3.05, 3.63) is 0 Å². The van der Waals surface area contributed by atoms with E-state index in [0.717, 1.165) is 18.4 Å². The van der Waals surface area contributed by atoms with E-state index < -0.39 is 0 Å². The van der Waals surface area contributed by atoms with E-state index in [0.29, 0.717) is 5.54 Å². The first-order valence-corrected chi connectivity index (χ1v) is 5.82. The largest absolute Gasteiger partial charge is 0.312 e. The molecule has 1 saturated carbocycles. The second-order valence-corrected chi connectivity index (χ2v) is 5.17. The highest BCUT2D eigenvalue weighted by Gasteiger charge is 2.30. The molecule has 0 aliphatic heterocycles. The van der Waals surface area contributed by atoms with Gasteiger partial charge in [0.1, 0.15) is 0 Å². The van der Waals surface area contributed by atoms with Gasteiger partial charge in [-0.25, -0.2) is 0 Å². The molecule has 0 unspecified atom stereocenters. The maximum Gasteiger partial charge on any atom is 0.0153 e. The fourth-order valence-electron chi connectivity index (χ4n) is 2.55. The average molecular weight is 183 g/mol. The SMILES string of the molecule is CCNC1(C)CCC(C(C)C)CC1. The number of hydrogen-bond donors (Lipinski definition) is 1. The van der Waals surface area contributed by atoms with Crippen molar-refractivity contribution in [1.29, 1.82) is 0 Å². The molecule has 1 nitrogen and oxygen atoms in total. The summed E-state index contributed by atoms with van der Waals surface area (Å²) in [6, 6.07) is 0. The van der Waals surface area contributed by atoms with Crippen molar-refractivity contribution in [2.24, 2.45) is 11.8 Å². The Bertz CT molecular complexity index is 143. The summed E-state index contributed by atoms with van der Waals surface area (Å²) in [4.78, 5) is 0. The van der Waals surface area contributed by atoms with Crippen molar-refractivity contribution in [2.75, 3.05) is 6.54 Å². The van der Waals surface area contributed by atoms with Gasteiger partial charge in [-0.05, 0) is 51.0 Å². The smallest absolute Gasteiger partial charge is 0.0153 e. The van der Waals surface area contributed by atoms with Gasteiger partial charge in [0.2, 0.25) is 0 Å². The van der Waals surface area contributed by atoms with Crippen LogP contribution in [0.3, 0.4) is 0 Å². The summed E-state index contributed by atoms with van der Waals surface area (Å²) in [5.41, 5.74) is 0.445. The van der Waals surface area contributed by atoms with Gasteiger partial charge in [0.15, 0.2) is 0 Å². The molecule has 1 aliphatic rings. The van der Waals surface area contributed by atoms with Crippen LogP contribution in [0.1, 0.15) is 53.4 Å². The van der Waals surface area contributed by atoms with Crippen LogP contribution in [0.15, 0.2) is 0 Å². The fourth-order valence-corrected chi connectivity index (χ4v) is 2.55. The molecular formula is C12H25N. The highest BCUT2D eigenvalue weighted by atomic mass is 15.0. The molecule has 1 N–H and O–H groups in total. The van der Waals surface area contributed by atoms with Gasteiger partial charge in [0.05, 0.1) is 0 Å². The minimum Gasteiger partial charge on any atom is -0.312 e. The molecule has 0 amide bonds. The molecule has 1 aliphatic carbocycles. The Hall–Kier alpha value is -0.0400. The summed E-state index contributed by atoms with van der Waals surface area (Å²) in [6.07, 6.45) is 5.57. The molecule has 0 heterocycles. The summed E-state index contributed by atoms with van der Waals surface area (Å²) in [5, 5.41) is 3.62. The minimum atomic E-state index is 0.445. The highest BCUT2D eigenvalue weighted by molar-refractivity contribution is 4.89. The zero-order chi connectivity index (χ0) is 9.90. The van der Waals surface area contributed by atoms with Crippen LogP contribution in [0.5, 0.6) is 0 Å². The number of rotatable bonds is 3. The molecule has 0 aromatic rings. The Balaban J connectivity index is 2.37. The van der Waals surface area contributed by atoms with E-state index in [-0.39, 0.29) is 0 Å². The summed E-state index contributed by atoms with van der Waals surface area (Å²) >= 11 is 0. The third kappa shape index (κ3) is 2.98. The molecule has 1 fully saturated rings. The molecule has 78 valence electrons. The predicted molar refractivity (Wildman–Crippen MR) is 58.9 cm³/mol. The molecule has 0 spiro atoms. The van der Waals surface area contributed by atoms with Crippen LogP contribution in [-0.2, 0) is 0 Å². The Morgan fingerprint density at radius 3 is 2.23 bits per heavy atom. The van der Waals surface area contributed by atoms with Gasteiger partial charge in [0.25, 0.3) is 0 Å². The summed E-state index contributed by atoms with van der Waals surface area (Å²) < 4.78 is 0. The topological polar surface area (TPSA) is 12.0 Å². The number of nitrogens with one attached hydrogen (secondary N) is 1. The molecule has 13 heavy (non-hydrogen) atoms. The molecule has 0 radical (unpaired) electrons. The molecule has 0 atom stereocenters. The lowest BCUT2D eigenvalue weighted by atomic mass is 9.74. The zero-order valence-electron chi connectivity index (χ0n) is 9.69. The van der Waals surface area contributed by atoms with Gasteiger partial charge in [-0.1, -0.05) is 20.8 Å². The van der Waals surface area contributed by atoms with Gasteiger partial charge >= 0.3 is 0 Å². The lowest BCUT2D eigenvalue weighted by molar-refractivity contribution is 0.177. The van der Waals surface area contributed by atoms with E-state index in [1.807, 2.05) is 0 Å². The van der Waals surface area contributed by atoms with E-state index in [9.17, 15) is 0 Å². The first-order chi connectivity index (χ1) is 6.07. The molecule has 0 aromatic heterocycles. The van der Waals surface area contributed by atoms with E-state index in [2.05, 4.69) is 33.0 Å². The van der Waals surface area contributed by atoms with Crippen molar-refractivity contribution >= 4 is 0 Å². The first kappa shape index (κ1) is 11.0. The third-order valence-electron chi connectivity index (χ3n) is 3.68. The minimum absolute atomic E-state index is 0.445. The monoisotopic (exact) mass is 183 g/mol. The van der Waals surface area contributed by atoms with Crippen molar-refractivity contribution in [3.8, 4) is 0 Å². The van der Waals surface area contributed by atoms with Crippen LogP contribution in [-0.4, -0.2) is 12.1 Å². The molecule has 0 saturated heterocycles. The summed E-state index contributed by atoms with van der Waals surface area (Å²) in [6.45, 7) is 10.4. The van der Waals surface area contributed by atoms with E-state index in [4.69, 9.17) is 0 Å². The van der Waals surface area contributed by atoms with Gasteiger partial charge < -0.3 is 5.32 Å². The van der Waals surface area contributed by atoms with E-state index >= 15 is 0 Å². The lowest BCUT2D eigenvalue weighted by Crippen LogP contribution is -2.45. The van der Waals surface area contributed by atoms with Crippen molar-refractivity contribution in [1.82, 2.24) is 5.32 Å². The second kappa shape index (κ2) is 4.45. The van der Waals surface area contributed by atoms with Crippen molar-refractivity contribution < 1.29 is 0 Å². The highest BCUT2D eigenvalue weighted by Crippen LogP contribution is 2.35. The van der Waals surface area contributed by atoms with Gasteiger partial charge in [0, 0.05) is 5.54 Å². The maximum absolute atomic E-state index is 3.62.